The Balaban J connectivity index is 3.47. The average molecular weight is 155 g/mol. The van der Waals surface area contributed by atoms with Crippen LogP contribution in [0.25, 0.3) is 0 Å². The summed E-state index contributed by atoms with van der Waals surface area (Å²) >= 11 is 0. The third-order valence-electron chi connectivity index (χ3n) is 0.902. The molecular weight excluding hydrogens is 146 g/mol. The highest BCUT2D eigenvalue weighted by Crippen LogP contribution is 1.74. The lowest BCUT2D eigenvalue weighted by Gasteiger charge is -2.01. The van der Waals surface area contributed by atoms with Gasteiger partial charge in [-0.2, -0.15) is 5.26 Å². The van der Waals surface area contributed by atoms with Crippen LogP contribution in [0.5, 0.6) is 0 Å². The number of nitrogens with one attached hydrogen (secondary N) is 2. The quantitative estimate of drug-likeness (QED) is 0.525. The minimum atomic E-state index is -0.505. The fourth-order valence-corrected chi connectivity index (χ4v) is 0.344. The Morgan fingerprint density at radius 1 is 1.36 bits per heavy atom. The van der Waals surface area contributed by atoms with Gasteiger partial charge >= 0.3 is 0 Å². The summed E-state index contributed by atoms with van der Waals surface area (Å²) < 4.78 is 0. The topological polar surface area (TPSA) is 82.0 Å². The predicted octanol–water partition coefficient (Wildman–Crippen LogP) is -0.543. The molecule has 0 aliphatic carbocycles. The summed E-state index contributed by atoms with van der Waals surface area (Å²) in [6.07, 6.45) is 0.0524. The summed E-state index contributed by atoms with van der Waals surface area (Å²) in [5.74, 6) is -0.786. The molecule has 11 heavy (non-hydrogen) atoms. The molecule has 0 rings (SSSR count). The smallest absolute Gasteiger partial charge is 0.252 e. The van der Waals surface area contributed by atoms with Crippen LogP contribution in [0.1, 0.15) is 19.8 Å². The van der Waals surface area contributed by atoms with Crippen LogP contribution < -0.4 is 10.9 Å². The summed E-state index contributed by atoms with van der Waals surface area (Å²) in [5, 5.41) is 8.04. The Morgan fingerprint density at radius 3 is 2.36 bits per heavy atom. The van der Waals surface area contributed by atoms with E-state index in [1.54, 1.807) is 13.0 Å². The third-order valence-corrected chi connectivity index (χ3v) is 0.902. The van der Waals surface area contributed by atoms with Gasteiger partial charge in [0.25, 0.3) is 5.91 Å². The lowest BCUT2D eigenvalue weighted by Crippen LogP contribution is -2.40. The largest absolute Gasteiger partial charge is 0.273 e. The van der Waals surface area contributed by atoms with Crippen LogP contribution in [0.2, 0.25) is 0 Å². The maximum atomic E-state index is 10.5. The molecule has 0 aromatic heterocycles. The number of carbonyl (C=O) groups is 2. The van der Waals surface area contributed by atoms with E-state index in [9.17, 15) is 9.59 Å². The van der Waals surface area contributed by atoms with E-state index < -0.39 is 5.91 Å². The molecule has 0 spiro atoms. The molecule has 5 heteroatoms. The van der Waals surface area contributed by atoms with Crippen LogP contribution in [0.4, 0.5) is 0 Å². The molecular formula is C6H9N3O2. The minimum absolute atomic E-state index is 0.246. The van der Waals surface area contributed by atoms with Gasteiger partial charge in [0.2, 0.25) is 5.91 Å². The summed E-state index contributed by atoms with van der Waals surface area (Å²) in [4.78, 5) is 21.0. The number of hydrazine groups is 1. The Kier molecular flexibility index (Phi) is 4.49. The molecule has 0 heterocycles. The van der Waals surface area contributed by atoms with Crippen LogP contribution in [-0.4, -0.2) is 11.8 Å². The summed E-state index contributed by atoms with van der Waals surface area (Å²) in [7, 11) is 0. The molecule has 0 unspecified atom stereocenters. The minimum Gasteiger partial charge on any atom is -0.273 e. The van der Waals surface area contributed by atoms with E-state index in [-0.39, 0.29) is 12.3 Å². The maximum Gasteiger partial charge on any atom is 0.252 e. The molecule has 0 aromatic carbocycles. The van der Waals surface area contributed by atoms with Crippen molar-refractivity contribution in [1.82, 2.24) is 10.9 Å². The molecule has 0 fully saturated rings. The van der Waals surface area contributed by atoms with Gasteiger partial charge in [0.15, 0.2) is 0 Å². The van der Waals surface area contributed by atoms with Gasteiger partial charge in [-0.3, -0.25) is 20.4 Å². The van der Waals surface area contributed by atoms with Gasteiger partial charge in [0.1, 0.15) is 6.42 Å². The van der Waals surface area contributed by atoms with Crippen molar-refractivity contribution in [2.24, 2.45) is 0 Å². The highest BCUT2D eigenvalue weighted by atomic mass is 16.2. The molecule has 0 saturated carbocycles. The van der Waals surface area contributed by atoms with E-state index in [0.717, 1.165) is 0 Å². The zero-order valence-electron chi connectivity index (χ0n) is 6.18. The van der Waals surface area contributed by atoms with Gasteiger partial charge in [-0.05, 0) is 0 Å². The second kappa shape index (κ2) is 5.23. The lowest BCUT2D eigenvalue weighted by molar-refractivity contribution is -0.128. The normalized spacial score (nSPS) is 8.00. The van der Waals surface area contributed by atoms with Crippen molar-refractivity contribution in [3.8, 4) is 6.07 Å². The summed E-state index contributed by atoms with van der Waals surface area (Å²) in [6, 6.07) is 1.65. The highest BCUT2D eigenvalue weighted by Gasteiger charge is 1.99. The first-order valence-corrected chi connectivity index (χ1v) is 3.15. The van der Waals surface area contributed by atoms with E-state index in [1.165, 1.54) is 0 Å². The SMILES string of the molecule is CCC(=O)NNC(=O)CC#N. The van der Waals surface area contributed by atoms with Gasteiger partial charge < -0.3 is 0 Å². The van der Waals surface area contributed by atoms with E-state index in [1.807, 2.05) is 0 Å². The Hall–Kier alpha value is -1.57. The first kappa shape index (κ1) is 9.43. The second-order valence-corrected chi connectivity index (χ2v) is 1.78. The van der Waals surface area contributed by atoms with Crippen molar-refractivity contribution in [3.05, 3.63) is 0 Å². The van der Waals surface area contributed by atoms with Crippen LogP contribution in [-0.2, 0) is 9.59 Å². The van der Waals surface area contributed by atoms with Gasteiger partial charge in [-0.25, -0.2) is 0 Å². The lowest BCUT2D eigenvalue weighted by atomic mass is 10.4. The van der Waals surface area contributed by atoms with Crippen molar-refractivity contribution in [2.75, 3.05) is 0 Å². The van der Waals surface area contributed by atoms with Crippen LogP contribution in [0.3, 0.4) is 0 Å². The molecule has 60 valence electrons. The predicted molar refractivity (Wildman–Crippen MR) is 36.8 cm³/mol. The van der Waals surface area contributed by atoms with E-state index in [4.69, 9.17) is 5.26 Å². The molecule has 0 aromatic rings. The Labute approximate surface area is 64.3 Å². The van der Waals surface area contributed by atoms with Crippen LogP contribution in [0, 0.1) is 11.3 Å². The van der Waals surface area contributed by atoms with Crippen LogP contribution >= 0.6 is 0 Å². The molecule has 0 bridgehead atoms. The Morgan fingerprint density at radius 2 is 1.91 bits per heavy atom. The second-order valence-electron chi connectivity index (χ2n) is 1.78. The molecule has 2 N–H and O–H groups in total. The monoisotopic (exact) mass is 155 g/mol. The van der Waals surface area contributed by atoms with Gasteiger partial charge in [0.05, 0.1) is 6.07 Å². The number of hydrogen-bond acceptors (Lipinski definition) is 3. The molecule has 2 amide bonds. The van der Waals surface area contributed by atoms with Gasteiger partial charge in [-0.15, -0.1) is 0 Å². The maximum absolute atomic E-state index is 10.5. The number of rotatable bonds is 2. The fourth-order valence-electron chi connectivity index (χ4n) is 0.344. The van der Waals surface area contributed by atoms with Gasteiger partial charge in [0, 0.05) is 6.42 Å². The van der Waals surface area contributed by atoms with E-state index in [2.05, 4.69) is 10.9 Å². The molecule has 0 atom stereocenters. The number of carbonyl (C=O) groups excluding carboxylic acids is 2. The molecule has 0 aliphatic rings. The first-order valence-electron chi connectivity index (χ1n) is 3.15. The zero-order valence-corrected chi connectivity index (χ0v) is 6.18. The first-order chi connectivity index (χ1) is 5.20. The molecule has 0 radical (unpaired) electrons. The summed E-state index contributed by atoms with van der Waals surface area (Å²) in [5.41, 5.74) is 4.20. The Bertz CT molecular complexity index is 194. The van der Waals surface area contributed by atoms with E-state index in [0.29, 0.717) is 6.42 Å². The summed E-state index contributed by atoms with van der Waals surface area (Å²) in [6.45, 7) is 1.66. The van der Waals surface area contributed by atoms with Crippen molar-refractivity contribution < 1.29 is 9.59 Å². The molecule has 0 aliphatic heterocycles. The fraction of sp³-hybridized carbons (Fsp3) is 0.500. The van der Waals surface area contributed by atoms with Crippen molar-refractivity contribution in [2.45, 2.75) is 19.8 Å². The number of nitriles is 1. The number of amides is 2. The molecule has 0 saturated heterocycles. The van der Waals surface area contributed by atoms with Crippen LogP contribution in [0.15, 0.2) is 0 Å². The van der Waals surface area contributed by atoms with Gasteiger partial charge in [-0.1, -0.05) is 6.92 Å². The van der Waals surface area contributed by atoms with E-state index >= 15 is 0 Å². The molecule has 5 nitrogen and oxygen atoms in total. The third kappa shape index (κ3) is 4.90. The standard InChI is InChI=1S/C6H9N3O2/c1-2-5(10)8-9-6(11)3-4-7/h2-3H2,1H3,(H,8,10)(H,9,11). The van der Waals surface area contributed by atoms with Crippen molar-refractivity contribution in [1.29, 1.82) is 5.26 Å². The zero-order chi connectivity index (χ0) is 8.69. The number of nitrogens with zero attached hydrogens (tertiary/aromatic N) is 1. The van der Waals surface area contributed by atoms with Crippen molar-refractivity contribution in [3.63, 3.8) is 0 Å². The average Bonchev–Trinajstić information content (AvgIpc) is 2.01. The number of hydrogen-bond donors (Lipinski definition) is 2. The van der Waals surface area contributed by atoms with Crippen molar-refractivity contribution >= 4 is 11.8 Å². The highest BCUT2D eigenvalue weighted by molar-refractivity contribution is 5.82.